The highest BCUT2D eigenvalue weighted by atomic mass is 32.1. The van der Waals surface area contributed by atoms with E-state index in [9.17, 15) is 14.0 Å². The molecule has 0 spiro atoms. The van der Waals surface area contributed by atoms with Crippen LogP contribution in [-0.2, 0) is 11.2 Å². The lowest BCUT2D eigenvalue weighted by Gasteiger charge is -2.32. The molecule has 162 valence electrons. The number of anilines is 1. The Morgan fingerprint density at radius 3 is 2.81 bits per heavy atom. The van der Waals surface area contributed by atoms with Crippen LogP contribution in [-0.4, -0.2) is 34.8 Å². The minimum Gasteiger partial charge on any atom is -0.338 e. The summed E-state index contributed by atoms with van der Waals surface area (Å²) >= 11 is 1.48. The van der Waals surface area contributed by atoms with Crippen molar-refractivity contribution in [2.45, 2.75) is 39.0 Å². The SMILES string of the molecule is CCCCc1ccc2nc(NC(=O)C3CCCN(C(=O)c4ccc(F)cc4)C3)sc2c1. The largest absolute Gasteiger partial charge is 0.338 e. The molecular formula is C24H26FN3O2S. The van der Waals surface area contributed by atoms with Gasteiger partial charge in [-0.3, -0.25) is 9.59 Å². The second kappa shape index (κ2) is 9.56. The lowest BCUT2D eigenvalue weighted by molar-refractivity contribution is -0.121. The second-order valence-electron chi connectivity index (χ2n) is 8.01. The first-order valence-electron chi connectivity index (χ1n) is 10.8. The molecule has 3 aromatic rings. The monoisotopic (exact) mass is 439 g/mol. The van der Waals surface area contributed by atoms with Crippen LogP contribution in [0.25, 0.3) is 10.2 Å². The third-order valence-electron chi connectivity index (χ3n) is 5.67. The number of halogens is 1. The number of hydrogen-bond donors (Lipinski definition) is 1. The van der Waals surface area contributed by atoms with E-state index in [0.717, 1.165) is 42.3 Å². The number of nitrogens with zero attached hydrogens (tertiary/aromatic N) is 2. The Balaban J connectivity index is 1.40. The molecule has 0 bridgehead atoms. The Hall–Kier alpha value is -2.80. The summed E-state index contributed by atoms with van der Waals surface area (Å²) in [6.45, 7) is 3.13. The molecule has 0 radical (unpaired) electrons. The van der Waals surface area contributed by atoms with Gasteiger partial charge in [0.25, 0.3) is 5.91 Å². The quantitative estimate of drug-likeness (QED) is 0.569. The van der Waals surface area contributed by atoms with Crippen molar-refractivity contribution in [3.8, 4) is 0 Å². The summed E-state index contributed by atoms with van der Waals surface area (Å²) in [5.41, 5.74) is 2.61. The zero-order chi connectivity index (χ0) is 21.8. The fourth-order valence-corrected chi connectivity index (χ4v) is 4.85. The lowest BCUT2D eigenvalue weighted by atomic mass is 9.96. The molecule has 1 atom stereocenters. The molecule has 1 aliphatic heterocycles. The maximum absolute atomic E-state index is 13.1. The summed E-state index contributed by atoms with van der Waals surface area (Å²) in [4.78, 5) is 31.8. The summed E-state index contributed by atoms with van der Waals surface area (Å²) in [6.07, 6.45) is 4.84. The van der Waals surface area contributed by atoms with Gasteiger partial charge in [-0.15, -0.1) is 0 Å². The second-order valence-corrected chi connectivity index (χ2v) is 9.04. The summed E-state index contributed by atoms with van der Waals surface area (Å²) in [7, 11) is 0. The molecule has 2 amide bonds. The predicted molar refractivity (Wildman–Crippen MR) is 122 cm³/mol. The molecule has 7 heteroatoms. The first kappa shape index (κ1) is 21.4. The van der Waals surface area contributed by atoms with Gasteiger partial charge in [-0.2, -0.15) is 0 Å². The summed E-state index contributed by atoms with van der Waals surface area (Å²) in [5, 5.41) is 3.54. The van der Waals surface area contributed by atoms with Crippen LogP contribution < -0.4 is 5.32 Å². The molecule has 1 fully saturated rings. The van der Waals surface area contributed by atoms with Crippen LogP contribution in [0.3, 0.4) is 0 Å². The topological polar surface area (TPSA) is 62.3 Å². The van der Waals surface area contributed by atoms with Crippen LogP contribution in [0.2, 0.25) is 0 Å². The van der Waals surface area contributed by atoms with Gasteiger partial charge in [0, 0.05) is 18.7 Å². The highest BCUT2D eigenvalue weighted by Gasteiger charge is 2.29. The Morgan fingerprint density at radius 1 is 1.23 bits per heavy atom. The van der Waals surface area contributed by atoms with Crippen molar-refractivity contribution < 1.29 is 14.0 Å². The number of aromatic nitrogens is 1. The number of carbonyl (C=O) groups excluding carboxylic acids is 2. The van der Waals surface area contributed by atoms with E-state index in [-0.39, 0.29) is 23.5 Å². The third kappa shape index (κ3) is 5.10. The number of nitrogens with one attached hydrogen (secondary N) is 1. The van der Waals surface area contributed by atoms with Gasteiger partial charge >= 0.3 is 0 Å². The zero-order valence-electron chi connectivity index (χ0n) is 17.6. The molecule has 0 aliphatic carbocycles. The lowest BCUT2D eigenvalue weighted by Crippen LogP contribution is -2.43. The van der Waals surface area contributed by atoms with Gasteiger partial charge in [-0.05, 0) is 67.6 Å². The molecule has 0 saturated carbocycles. The van der Waals surface area contributed by atoms with Crippen LogP contribution in [0.1, 0.15) is 48.5 Å². The molecule has 4 rings (SSSR count). The molecule has 2 heterocycles. The molecule has 1 saturated heterocycles. The van der Waals surface area contributed by atoms with Crippen molar-refractivity contribution in [1.29, 1.82) is 0 Å². The summed E-state index contributed by atoms with van der Waals surface area (Å²) < 4.78 is 14.2. The summed E-state index contributed by atoms with van der Waals surface area (Å²) in [6, 6.07) is 11.8. The van der Waals surface area contributed by atoms with Gasteiger partial charge in [-0.25, -0.2) is 9.37 Å². The molecule has 1 unspecified atom stereocenters. The first-order chi connectivity index (χ1) is 15.0. The number of rotatable bonds is 6. The van der Waals surface area contributed by atoms with Crippen molar-refractivity contribution in [3.05, 3.63) is 59.4 Å². The van der Waals surface area contributed by atoms with E-state index < -0.39 is 0 Å². The van der Waals surface area contributed by atoms with E-state index in [1.807, 2.05) is 6.07 Å². The highest BCUT2D eigenvalue weighted by molar-refractivity contribution is 7.22. The number of amides is 2. The Morgan fingerprint density at radius 2 is 2.03 bits per heavy atom. The minimum absolute atomic E-state index is 0.109. The van der Waals surface area contributed by atoms with Gasteiger partial charge < -0.3 is 10.2 Å². The van der Waals surface area contributed by atoms with E-state index in [4.69, 9.17) is 0 Å². The van der Waals surface area contributed by atoms with E-state index >= 15 is 0 Å². The Bertz CT molecular complexity index is 1080. The van der Waals surface area contributed by atoms with Crippen LogP contribution in [0.5, 0.6) is 0 Å². The number of piperidine rings is 1. The van der Waals surface area contributed by atoms with Gasteiger partial charge in [0.05, 0.1) is 16.1 Å². The van der Waals surface area contributed by atoms with Gasteiger partial charge in [-0.1, -0.05) is 30.7 Å². The number of carbonyl (C=O) groups is 2. The molecule has 1 aliphatic rings. The Labute approximate surface area is 185 Å². The molecule has 5 nitrogen and oxygen atoms in total. The average Bonchev–Trinajstić information content (AvgIpc) is 3.19. The van der Waals surface area contributed by atoms with Crippen LogP contribution in [0.4, 0.5) is 9.52 Å². The fourth-order valence-electron chi connectivity index (χ4n) is 3.92. The van der Waals surface area contributed by atoms with Crippen LogP contribution >= 0.6 is 11.3 Å². The third-order valence-corrected chi connectivity index (χ3v) is 6.61. The van der Waals surface area contributed by atoms with E-state index in [2.05, 4.69) is 29.4 Å². The van der Waals surface area contributed by atoms with E-state index in [1.165, 1.54) is 41.2 Å². The van der Waals surface area contributed by atoms with Gasteiger partial charge in [0.2, 0.25) is 5.91 Å². The molecular weight excluding hydrogens is 413 g/mol. The molecule has 1 aromatic heterocycles. The Kier molecular flexibility index (Phi) is 6.61. The predicted octanol–water partition coefficient (Wildman–Crippen LogP) is 5.27. The van der Waals surface area contributed by atoms with Crippen molar-refractivity contribution in [1.82, 2.24) is 9.88 Å². The van der Waals surface area contributed by atoms with Gasteiger partial charge in [0.15, 0.2) is 5.13 Å². The molecule has 1 N–H and O–H groups in total. The first-order valence-corrected chi connectivity index (χ1v) is 11.6. The van der Waals surface area contributed by atoms with Crippen molar-refractivity contribution in [3.63, 3.8) is 0 Å². The minimum atomic E-state index is -0.374. The van der Waals surface area contributed by atoms with Crippen molar-refractivity contribution in [2.75, 3.05) is 18.4 Å². The number of benzene rings is 2. The highest BCUT2D eigenvalue weighted by Crippen LogP contribution is 2.28. The summed E-state index contributed by atoms with van der Waals surface area (Å²) in [5.74, 6) is -0.940. The van der Waals surface area contributed by atoms with E-state index in [0.29, 0.717) is 23.8 Å². The van der Waals surface area contributed by atoms with Crippen LogP contribution in [0, 0.1) is 11.7 Å². The molecule has 31 heavy (non-hydrogen) atoms. The number of aryl methyl sites for hydroxylation is 1. The standard InChI is InChI=1S/C24H26FN3O2S/c1-2-3-5-16-7-12-20-21(14-16)31-24(26-20)27-22(29)18-6-4-13-28(15-18)23(30)17-8-10-19(25)11-9-17/h7-12,14,18H,2-6,13,15H2,1H3,(H,26,27,29). The number of thiazole rings is 1. The maximum atomic E-state index is 13.1. The maximum Gasteiger partial charge on any atom is 0.253 e. The molecule has 2 aromatic carbocycles. The number of unbranched alkanes of at least 4 members (excludes halogenated alkanes) is 1. The van der Waals surface area contributed by atoms with Crippen molar-refractivity contribution >= 4 is 38.5 Å². The number of hydrogen-bond acceptors (Lipinski definition) is 4. The fraction of sp³-hybridized carbons (Fsp3) is 0.375. The van der Waals surface area contributed by atoms with Crippen LogP contribution in [0.15, 0.2) is 42.5 Å². The zero-order valence-corrected chi connectivity index (χ0v) is 18.4. The van der Waals surface area contributed by atoms with Crippen molar-refractivity contribution in [2.24, 2.45) is 5.92 Å². The number of fused-ring (bicyclic) bond motifs is 1. The van der Waals surface area contributed by atoms with E-state index in [1.54, 1.807) is 4.90 Å². The number of likely N-dealkylation sites (tertiary alicyclic amines) is 1. The van der Waals surface area contributed by atoms with Gasteiger partial charge in [0.1, 0.15) is 5.82 Å². The smallest absolute Gasteiger partial charge is 0.253 e. The average molecular weight is 440 g/mol. The normalized spacial score (nSPS) is 16.5.